The van der Waals surface area contributed by atoms with Gasteiger partial charge in [-0.25, -0.2) is 4.79 Å². The molecule has 0 spiro atoms. The molecule has 0 aliphatic carbocycles. The lowest BCUT2D eigenvalue weighted by atomic mass is 10.1. The number of nitrogens with zero attached hydrogens (tertiary/aromatic N) is 1. The SMILES string of the molecule is C=C(Cc1cn(C)c2c(OC)cccc12)C(=O)O. The number of ether oxygens (including phenoxy) is 1. The lowest BCUT2D eigenvalue weighted by Crippen LogP contribution is -2.01. The van der Waals surface area contributed by atoms with Gasteiger partial charge in [0, 0.05) is 30.6 Å². The predicted octanol–water partition coefficient (Wildman–Crippen LogP) is 2.37. The molecule has 2 aromatic rings. The molecule has 1 aromatic heterocycles. The molecular weight excluding hydrogens is 230 g/mol. The van der Waals surface area contributed by atoms with Gasteiger partial charge in [-0.15, -0.1) is 0 Å². The molecule has 0 fully saturated rings. The van der Waals surface area contributed by atoms with Crippen LogP contribution in [0, 0.1) is 0 Å². The highest BCUT2D eigenvalue weighted by molar-refractivity contribution is 5.92. The van der Waals surface area contributed by atoms with Crippen LogP contribution in [0.1, 0.15) is 5.56 Å². The quantitative estimate of drug-likeness (QED) is 0.841. The Morgan fingerprint density at radius 1 is 1.50 bits per heavy atom. The van der Waals surface area contributed by atoms with Crippen LogP contribution in [-0.4, -0.2) is 22.8 Å². The van der Waals surface area contributed by atoms with E-state index in [1.165, 1.54) is 0 Å². The second-order valence-corrected chi connectivity index (χ2v) is 4.21. The Labute approximate surface area is 105 Å². The van der Waals surface area contributed by atoms with E-state index < -0.39 is 5.97 Å². The highest BCUT2D eigenvalue weighted by Gasteiger charge is 2.13. The number of fused-ring (bicyclic) bond motifs is 1. The van der Waals surface area contributed by atoms with Crippen LogP contribution in [-0.2, 0) is 18.3 Å². The van der Waals surface area contributed by atoms with Crippen molar-refractivity contribution in [1.29, 1.82) is 0 Å². The predicted molar refractivity (Wildman–Crippen MR) is 70.0 cm³/mol. The molecule has 0 aliphatic rings. The van der Waals surface area contributed by atoms with Crippen LogP contribution in [0.2, 0.25) is 0 Å². The van der Waals surface area contributed by atoms with Gasteiger partial charge in [-0.05, 0) is 11.6 Å². The minimum atomic E-state index is -0.963. The van der Waals surface area contributed by atoms with Crippen molar-refractivity contribution in [3.8, 4) is 5.75 Å². The van der Waals surface area contributed by atoms with E-state index in [1.807, 2.05) is 36.0 Å². The number of carboxylic acids is 1. The molecule has 1 heterocycles. The van der Waals surface area contributed by atoms with Gasteiger partial charge < -0.3 is 14.4 Å². The van der Waals surface area contributed by atoms with Gasteiger partial charge in [-0.1, -0.05) is 18.7 Å². The van der Waals surface area contributed by atoms with E-state index in [4.69, 9.17) is 9.84 Å². The number of hydrogen-bond donors (Lipinski definition) is 1. The number of carbonyl (C=O) groups is 1. The summed E-state index contributed by atoms with van der Waals surface area (Å²) in [6, 6.07) is 5.74. The largest absolute Gasteiger partial charge is 0.495 e. The number of aryl methyl sites for hydroxylation is 1. The maximum absolute atomic E-state index is 10.8. The maximum Gasteiger partial charge on any atom is 0.331 e. The summed E-state index contributed by atoms with van der Waals surface area (Å²) in [6.07, 6.45) is 2.25. The van der Waals surface area contributed by atoms with Crippen LogP contribution in [0.4, 0.5) is 0 Å². The molecule has 0 aliphatic heterocycles. The molecule has 0 atom stereocenters. The summed E-state index contributed by atoms with van der Waals surface area (Å²) in [5.74, 6) is -0.183. The molecule has 0 saturated heterocycles. The van der Waals surface area contributed by atoms with Gasteiger partial charge in [0.25, 0.3) is 0 Å². The van der Waals surface area contributed by atoms with Crippen LogP contribution in [0.5, 0.6) is 5.75 Å². The minimum Gasteiger partial charge on any atom is -0.495 e. The summed E-state index contributed by atoms with van der Waals surface area (Å²) >= 11 is 0. The smallest absolute Gasteiger partial charge is 0.331 e. The molecule has 94 valence electrons. The summed E-state index contributed by atoms with van der Waals surface area (Å²) in [4.78, 5) is 10.8. The molecule has 1 aromatic carbocycles. The Kier molecular flexibility index (Phi) is 3.10. The summed E-state index contributed by atoms with van der Waals surface area (Å²) in [6.45, 7) is 3.57. The Balaban J connectivity index is 2.54. The Morgan fingerprint density at radius 3 is 2.83 bits per heavy atom. The standard InChI is InChI=1S/C14H15NO3/c1-9(14(16)17)7-10-8-15(2)13-11(10)5-4-6-12(13)18-3/h4-6,8H,1,7H2,2-3H3,(H,16,17). The van der Waals surface area contributed by atoms with E-state index in [1.54, 1.807) is 7.11 Å². The minimum absolute atomic E-state index is 0.185. The average Bonchev–Trinajstić information content (AvgIpc) is 2.66. The van der Waals surface area contributed by atoms with E-state index in [-0.39, 0.29) is 5.57 Å². The van der Waals surface area contributed by atoms with E-state index in [2.05, 4.69) is 6.58 Å². The number of hydrogen-bond acceptors (Lipinski definition) is 2. The van der Waals surface area contributed by atoms with Crippen molar-refractivity contribution in [2.24, 2.45) is 7.05 Å². The van der Waals surface area contributed by atoms with Gasteiger partial charge >= 0.3 is 5.97 Å². The first-order valence-electron chi connectivity index (χ1n) is 5.56. The van der Waals surface area contributed by atoms with E-state index in [0.29, 0.717) is 6.42 Å². The van der Waals surface area contributed by atoms with Crippen molar-refractivity contribution in [2.75, 3.05) is 7.11 Å². The second-order valence-electron chi connectivity index (χ2n) is 4.21. The first-order chi connectivity index (χ1) is 8.54. The van der Waals surface area contributed by atoms with Crippen LogP contribution in [0.15, 0.2) is 36.5 Å². The summed E-state index contributed by atoms with van der Waals surface area (Å²) in [7, 11) is 3.54. The van der Waals surface area contributed by atoms with Gasteiger partial charge in [0.05, 0.1) is 12.6 Å². The number of carboxylic acid groups (broad SMARTS) is 1. The summed E-state index contributed by atoms with van der Waals surface area (Å²) in [5.41, 5.74) is 2.09. The monoisotopic (exact) mass is 245 g/mol. The molecular formula is C14H15NO3. The zero-order valence-corrected chi connectivity index (χ0v) is 10.4. The van der Waals surface area contributed by atoms with Crippen molar-refractivity contribution in [3.63, 3.8) is 0 Å². The number of benzene rings is 1. The third-order valence-corrected chi connectivity index (χ3v) is 2.97. The number of methoxy groups -OCH3 is 1. The van der Waals surface area contributed by atoms with Gasteiger partial charge in [0.15, 0.2) is 0 Å². The van der Waals surface area contributed by atoms with Crippen molar-refractivity contribution in [3.05, 3.63) is 42.1 Å². The molecule has 4 heteroatoms. The van der Waals surface area contributed by atoms with Crippen molar-refractivity contribution < 1.29 is 14.6 Å². The van der Waals surface area contributed by atoms with Crippen LogP contribution in [0.25, 0.3) is 10.9 Å². The zero-order chi connectivity index (χ0) is 13.3. The van der Waals surface area contributed by atoms with Crippen LogP contribution in [0.3, 0.4) is 0 Å². The molecule has 0 radical (unpaired) electrons. The first kappa shape index (κ1) is 12.2. The van der Waals surface area contributed by atoms with Gasteiger partial charge in [0.2, 0.25) is 0 Å². The molecule has 2 rings (SSSR count). The van der Waals surface area contributed by atoms with E-state index in [0.717, 1.165) is 22.2 Å². The highest BCUT2D eigenvalue weighted by Crippen LogP contribution is 2.30. The fourth-order valence-electron chi connectivity index (χ4n) is 2.12. The molecule has 0 unspecified atom stereocenters. The maximum atomic E-state index is 10.8. The third-order valence-electron chi connectivity index (χ3n) is 2.97. The van der Waals surface area contributed by atoms with Crippen molar-refractivity contribution >= 4 is 16.9 Å². The van der Waals surface area contributed by atoms with E-state index in [9.17, 15) is 4.79 Å². The first-order valence-corrected chi connectivity index (χ1v) is 5.56. The molecule has 0 bridgehead atoms. The Morgan fingerprint density at radius 2 is 2.22 bits per heavy atom. The average molecular weight is 245 g/mol. The molecule has 0 saturated carbocycles. The van der Waals surface area contributed by atoms with Gasteiger partial charge in [-0.3, -0.25) is 0 Å². The molecule has 18 heavy (non-hydrogen) atoms. The molecule has 1 N–H and O–H groups in total. The topological polar surface area (TPSA) is 51.5 Å². The second kappa shape index (κ2) is 4.56. The van der Waals surface area contributed by atoms with Crippen molar-refractivity contribution in [1.82, 2.24) is 4.57 Å². The van der Waals surface area contributed by atoms with Gasteiger partial charge in [0.1, 0.15) is 5.75 Å². The summed E-state index contributed by atoms with van der Waals surface area (Å²) in [5, 5.41) is 9.89. The molecule has 0 amide bonds. The zero-order valence-electron chi connectivity index (χ0n) is 10.4. The highest BCUT2D eigenvalue weighted by atomic mass is 16.5. The Bertz CT molecular complexity index is 625. The van der Waals surface area contributed by atoms with Crippen LogP contribution < -0.4 is 4.74 Å². The summed E-state index contributed by atoms with van der Waals surface area (Å²) < 4.78 is 7.26. The van der Waals surface area contributed by atoms with E-state index >= 15 is 0 Å². The lowest BCUT2D eigenvalue weighted by molar-refractivity contribution is -0.132. The van der Waals surface area contributed by atoms with Gasteiger partial charge in [-0.2, -0.15) is 0 Å². The fraction of sp³-hybridized carbons (Fsp3) is 0.214. The fourth-order valence-corrected chi connectivity index (χ4v) is 2.12. The molecule has 4 nitrogen and oxygen atoms in total. The third kappa shape index (κ3) is 1.97. The number of para-hydroxylation sites is 1. The number of aliphatic carboxylic acids is 1. The normalized spacial score (nSPS) is 10.6. The number of aromatic nitrogens is 1. The number of rotatable bonds is 4. The van der Waals surface area contributed by atoms with Crippen LogP contribution >= 0.6 is 0 Å². The lowest BCUT2D eigenvalue weighted by Gasteiger charge is -2.04. The van der Waals surface area contributed by atoms with Crippen molar-refractivity contribution in [2.45, 2.75) is 6.42 Å². The Hall–Kier alpha value is -2.23.